The van der Waals surface area contributed by atoms with Gasteiger partial charge in [-0.3, -0.25) is 4.98 Å². The minimum absolute atomic E-state index is 0.0133. The maximum absolute atomic E-state index is 12.0. The highest BCUT2D eigenvalue weighted by Gasteiger charge is 2.32. The molecule has 0 aliphatic carbocycles. The summed E-state index contributed by atoms with van der Waals surface area (Å²) in [6.45, 7) is 3.35. The number of alkyl halides is 3. The molecule has 0 aliphatic heterocycles. The number of aromatic nitrogens is 1. The van der Waals surface area contributed by atoms with E-state index in [2.05, 4.69) is 9.72 Å². The molecule has 1 heterocycles. The minimum Gasteiger partial charge on any atom is -0.404 e. The fourth-order valence-corrected chi connectivity index (χ4v) is 1.20. The Morgan fingerprint density at radius 1 is 1.40 bits per heavy atom. The lowest BCUT2D eigenvalue weighted by molar-refractivity contribution is -0.275. The summed E-state index contributed by atoms with van der Waals surface area (Å²) >= 11 is 0. The Labute approximate surface area is 85.1 Å². The number of hydrogen-bond donors (Lipinski definition) is 1. The van der Waals surface area contributed by atoms with Crippen molar-refractivity contribution in [2.75, 3.05) is 0 Å². The topological polar surface area (TPSA) is 48.1 Å². The highest BCUT2D eigenvalue weighted by Crippen LogP contribution is 2.28. The molecular weight excluding hydrogens is 209 g/mol. The summed E-state index contributed by atoms with van der Waals surface area (Å²) in [5.74, 6) is -0.326. The van der Waals surface area contributed by atoms with Crippen molar-refractivity contribution in [1.82, 2.24) is 4.98 Å². The van der Waals surface area contributed by atoms with Gasteiger partial charge in [0.25, 0.3) is 0 Å². The third-order valence-electron chi connectivity index (χ3n) is 2.10. The SMILES string of the molecule is Cc1ncc(OC(F)(F)F)c(CN)c1C. The summed E-state index contributed by atoms with van der Waals surface area (Å²) in [5, 5.41) is 0. The Bertz CT molecular complexity index is 363. The van der Waals surface area contributed by atoms with Gasteiger partial charge in [-0.2, -0.15) is 0 Å². The van der Waals surface area contributed by atoms with E-state index in [4.69, 9.17) is 5.73 Å². The van der Waals surface area contributed by atoms with Crippen LogP contribution in [0, 0.1) is 13.8 Å². The summed E-state index contributed by atoms with van der Waals surface area (Å²) in [7, 11) is 0. The van der Waals surface area contributed by atoms with Gasteiger partial charge in [0.2, 0.25) is 0 Å². The maximum Gasteiger partial charge on any atom is 0.573 e. The largest absolute Gasteiger partial charge is 0.573 e. The molecule has 6 heteroatoms. The van der Waals surface area contributed by atoms with E-state index in [0.717, 1.165) is 6.20 Å². The summed E-state index contributed by atoms with van der Waals surface area (Å²) in [6, 6.07) is 0. The van der Waals surface area contributed by atoms with Gasteiger partial charge in [-0.25, -0.2) is 0 Å². The summed E-state index contributed by atoms with van der Waals surface area (Å²) in [5.41, 5.74) is 6.97. The molecule has 2 N–H and O–H groups in total. The van der Waals surface area contributed by atoms with Gasteiger partial charge >= 0.3 is 6.36 Å². The van der Waals surface area contributed by atoms with Gasteiger partial charge in [-0.15, -0.1) is 13.2 Å². The van der Waals surface area contributed by atoms with Crippen LogP contribution in [0.3, 0.4) is 0 Å². The summed E-state index contributed by atoms with van der Waals surface area (Å²) < 4.78 is 39.8. The lowest BCUT2D eigenvalue weighted by Gasteiger charge is -2.14. The van der Waals surface area contributed by atoms with E-state index < -0.39 is 6.36 Å². The number of nitrogens with zero attached hydrogens (tertiary/aromatic N) is 1. The second-order valence-corrected chi connectivity index (χ2v) is 3.06. The van der Waals surface area contributed by atoms with Crippen LogP contribution in [0.4, 0.5) is 13.2 Å². The molecule has 0 atom stereocenters. The van der Waals surface area contributed by atoms with Crippen molar-refractivity contribution in [3.8, 4) is 5.75 Å². The third kappa shape index (κ3) is 2.82. The molecule has 84 valence electrons. The van der Waals surface area contributed by atoms with Gasteiger partial charge in [0, 0.05) is 17.8 Å². The molecule has 1 rings (SSSR count). The van der Waals surface area contributed by atoms with Crippen molar-refractivity contribution >= 4 is 0 Å². The number of aryl methyl sites for hydroxylation is 1. The molecular formula is C9H11F3N2O. The lowest BCUT2D eigenvalue weighted by atomic mass is 10.1. The van der Waals surface area contributed by atoms with Crippen LogP contribution in [0.15, 0.2) is 6.20 Å². The first kappa shape index (κ1) is 11.8. The van der Waals surface area contributed by atoms with E-state index >= 15 is 0 Å². The molecule has 1 aromatic heterocycles. The van der Waals surface area contributed by atoms with Crippen LogP contribution in [0.1, 0.15) is 16.8 Å². The van der Waals surface area contributed by atoms with Crippen LogP contribution >= 0.6 is 0 Å². The first-order valence-corrected chi connectivity index (χ1v) is 4.26. The van der Waals surface area contributed by atoms with Crippen molar-refractivity contribution in [2.45, 2.75) is 26.8 Å². The van der Waals surface area contributed by atoms with Gasteiger partial charge in [0.15, 0.2) is 5.75 Å². The number of nitrogens with two attached hydrogens (primary N) is 1. The van der Waals surface area contributed by atoms with Crippen LogP contribution in [0.25, 0.3) is 0 Å². The van der Waals surface area contributed by atoms with Crippen molar-refractivity contribution < 1.29 is 17.9 Å². The quantitative estimate of drug-likeness (QED) is 0.829. The van der Waals surface area contributed by atoms with Gasteiger partial charge < -0.3 is 10.5 Å². The van der Waals surface area contributed by atoms with Crippen molar-refractivity contribution in [1.29, 1.82) is 0 Å². The first-order valence-electron chi connectivity index (χ1n) is 4.26. The zero-order chi connectivity index (χ0) is 11.6. The molecule has 0 saturated carbocycles. The predicted molar refractivity (Wildman–Crippen MR) is 48.3 cm³/mol. The van der Waals surface area contributed by atoms with Crippen molar-refractivity contribution in [2.24, 2.45) is 5.73 Å². The third-order valence-corrected chi connectivity index (χ3v) is 2.10. The normalized spacial score (nSPS) is 11.6. The van der Waals surface area contributed by atoms with Crippen molar-refractivity contribution in [3.05, 3.63) is 23.0 Å². The molecule has 1 aromatic rings. The smallest absolute Gasteiger partial charge is 0.404 e. The second kappa shape index (κ2) is 4.06. The van der Waals surface area contributed by atoms with Crippen LogP contribution in [0.2, 0.25) is 0 Å². The Balaban J connectivity index is 3.14. The van der Waals surface area contributed by atoms with E-state index in [1.807, 2.05) is 0 Å². The van der Waals surface area contributed by atoms with E-state index in [-0.39, 0.29) is 12.3 Å². The summed E-state index contributed by atoms with van der Waals surface area (Å²) in [6.07, 6.45) is -3.68. The van der Waals surface area contributed by atoms with Gasteiger partial charge in [-0.05, 0) is 19.4 Å². The van der Waals surface area contributed by atoms with Crippen LogP contribution in [0.5, 0.6) is 5.75 Å². The zero-order valence-electron chi connectivity index (χ0n) is 8.35. The predicted octanol–water partition coefficient (Wildman–Crippen LogP) is 2.06. The average Bonchev–Trinajstić information content (AvgIpc) is 2.10. The van der Waals surface area contributed by atoms with Gasteiger partial charge in [0.1, 0.15) is 0 Å². The van der Waals surface area contributed by atoms with Gasteiger partial charge in [-0.1, -0.05) is 0 Å². The van der Waals surface area contributed by atoms with E-state index in [1.54, 1.807) is 13.8 Å². The molecule has 3 nitrogen and oxygen atoms in total. The molecule has 0 amide bonds. The monoisotopic (exact) mass is 220 g/mol. The molecule has 0 radical (unpaired) electrons. The first-order chi connectivity index (χ1) is 6.85. The number of halogens is 3. The minimum atomic E-state index is -4.71. The van der Waals surface area contributed by atoms with Crippen LogP contribution in [-0.2, 0) is 6.54 Å². The highest BCUT2D eigenvalue weighted by atomic mass is 19.4. The molecule has 0 aliphatic rings. The molecule has 0 bridgehead atoms. The summed E-state index contributed by atoms with van der Waals surface area (Å²) in [4.78, 5) is 3.79. The van der Waals surface area contributed by atoms with Crippen LogP contribution < -0.4 is 10.5 Å². The standard InChI is InChI=1S/C9H11F3N2O/c1-5-6(2)14-4-8(7(5)3-13)15-9(10,11)12/h4H,3,13H2,1-2H3. The van der Waals surface area contributed by atoms with E-state index in [9.17, 15) is 13.2 Å². The lowest BCUT2D eigenvalue weighted by Crippen LogP contribution is -2.19. The Morgan fingerprint density at radius 2 is 2.00 bits per heavy atom. The highest BCUT2D eigenvalue weighted by molar-refractivity contribution is 5.39. The van der Waals surface area contributed by atoms with Gasteiger partial charge in [0.05, 0.1) is 6.20 Å². The van der Waals surface area contributed by atoms with Crippen molar-refractivity contribution in [3.63, 3.8) is 0 Å². The zero-order valence-corrected chi connectivity index (χ0v) is 8.35. The Kier molecular flexibility index (Phi) is 3.18. The number of pyridine rings is 1. The molecule has 0 spiro atoms. The molecule has 0 saturated heterocycles. The number of rotatable bonds is 2. The van der Waals surface area contributed by atoms with E-state index in [0.29, 0.717) is 16.8 Å². The number of hydrogen-bond acceptors (Lipinski definition) is 3. The number of ether oxygens (including phenoxy) is 1. The van der Waals surface area contributed by atoms with E-state index in [1.165, 1.54) is 0 Å². The molecule has 0 fully saturated rings. The average molecular weight is 220 g/mol. The Morgan fingerprint density at radius 3 is 2.47 bits per heavy atom. The second-order valence-electron chi connectivity index (χ2n) is 3.06. The molecule has 0 unspecified atom stereocenters. The Hall–Kier alpha value is -1.30. The maximum atomic E-state index is 12.0. The molecule has 0 aromatic carbocycles. The fourth-order valence-electron chi connectivity index (χ4n) is 1.20. The fraction of sp³-hybridized carbons (Fsp3) is 0.444. The van der Waals surface area contributed by atoms with Crippen LogP contribution in [-0.4, -0.2) is 11.3 Å². The molecule has 15 heavy (non-hydrogen) atoms.